The van der Waals surface area contributed by atoms with Crippen LogP contribution in [0, 0.1) is 0 Å². The van der Waals surface area contributed by atoms with E-state index in [9.17, 15) is 0 Å². The van der Waals surface area contributed by atoms with E-state index in [1.807, 2.05) is 7.11 Å². The zero-order valence-electron chi connectivity index (χ0n) is 14.6. The molecule has 1 atom stereocenters. The summed E-state index contributed by atoms with van der Waals surface area (Å²) < 4.78 is 12.0. The number of methoxy groups -OCH3 is 1. The van der Waals surface area contributed by atoms with Gasteiger partial charge in [-0.15, -0.1) is 0 Å². The zero-order chi connectivity index (χ0) is 16.6. The Hall–Kier alpha value is -1.40. The molecule has 0 saturated carbocycles. The van der Waals surface area contributed by atoms with Gasteiger partial charge in [0.05, 0.1) is 17.4 Å². The van der Waals surface area contributed by atoms with Crippen LogP contribution in [0.2, 0.25) is 0 Å². The molecule has 132 valence electrons. The number of hydrogen-bond donors (Lipinski definition) is 1. The molecule has 0 amide bonds. The first-order valence-corrected chi connectivity index (χ1v) is 9.29. The third-order valence-electron chi connectivity index (χ3n) is 5.96. The van der Waals surface area contributed by atoms with Gasteiger partial charge in [0.25, 0.3) is 0 Å². The van der Waals surface area contributed by atoms with Gasteiger partial charge >= 0.3 is 0 Å². The molecule has 2 fully saturated rings. The Morgan fingerprint density at radius 1 is 1.17 bits per heavy atom. The van der Waals surface area contributed by atoms with Crippen molar-refractivity contribution < 1.29 is 9.47 Å². The van der Waals surface area contributed by atoms with Crippen molar-refractivity contribution in [2.75, 3.05) is 37.4 Å². The lowest BCUT2D eigenvalue weighted by molar-refractivity contribution is -0.175. The Morgan fingerprint density at radius 3 is 2.75 bits per heavy atom. The van der Waals surface area contributed by atoms with Crippen LogP contribution in [0.25, 0.3) is 0 Å². The molecule has 0 bridgehead atoms. The van der Waals surface area contributed by atoms with Crippen LogP contribution in [0.15, 0.2) is 0 Å². The summed E-state index contributed by atoms with van der Waals surface area (Å²) in [5, 5.41) is 0. The molecule has 3 heterocycles. The second-order valence-corrected chi connectivity index (χ2v) is 7.30. The van der Waals surface area contributed by atoms with E-state index in [1.54, 1.807) is 0 Å². The fourth-order valence-electron chi connectivity index (χ4n) is 4.65. The lowest BCUT2D eigenvalue weighted by Gasteiger charge is -2.48. The van der Waals surface area contributed by atoms with E-state index >= 15 is 0 Å². The van der Waals surface area contributed by atoms with Crippen LogP contribution in [0.1, 0.15) is 49.8 Å². The molecule has 6 heteroatoms. The standard InChI is InChI=1S/C18H28N4O2/c1-23-15-7-4-12-24-18(15)8-10-22(11-9-18)16-13-5-2-3-6-14(13)20-17(19)21-16/h15H,2-12H2,1H3,(H2,19,20,21)/t15-/m0/s1. The maximum atomic E-state index is 6.22. The van der Waals surface area contributed by atoms with Crippen molar-refractivity contribution >= 4 is 11.8 Å². The van der Waals surface area contributed by atoms with Crippen molar-refractivity contribution in [1.82, 2.24) is 9.97 Å². The Bertz CT molecular complexity index is 599. The average Bonchev–Trinajstić information content (AvgIpc) is 2.62. The van der Waals surface area contributed by atoms with Gasteiger partial charge in [-0.2, -0.15) is 4.98 Å². The molecule has 0 aromatic carbocycles. The summed E-state index contributed by atoms with van der Waals surface area (Å²) in [6.07, 6.45) is 8.93. The van der Waals surface area contributed by atoms with Crippen molar-refractivity contribution in [3.63, 3.8) is 0 Å². The van der Waals surface area contributed by atoms with Crippen LogP contribution < -0.4 is 10.6 Å². The van der Waals surface area contributed by atoms with Crippen molar-refractivity contribution in [2.24, 2.45) is 0 Å². The Kier molecular flexibility index (Phi) is 4.35. The van der Waals surface area contributed by atoms with Gasteiger partial charge in [-0.1, -0.05) is 0 Å². The van der Waals surface area contributed by atoms with Crippen LogP contribution in [0.5, 0.6) is 0 Å². The Morgan fingerprint density at radius 2 is 1.96 bits per heavy atom. The highest BCUT2D eigenvalue weighted by atomic mass is 16.5. The number of aryl methyl sites for hydroxylation is 1. The number of piperidine rings is 1. The van der Waals surface area contributed by atoms with Gasteiger partial charge in [-0.05, 0) is 51.4 Å². The first kappa shape index (κ1) is 16.1. The van der Waals surface area contributed by atoms with E-state index in [0.29, 0.717) is 5.95 Å². The maximum Gasteiger partial charge on any atom is 0.222 e. The highest BCUT2D eigenvalue weighted by Gasteiger charge is 2.45. The SMILES string of the molecule is CO[C@H]1CCCOC12CCN(c1nc(N)nc3c1CCCC3)CC2. The second-order valence-electron chi connectivity index (χ2n) is 7.30. The number of nitrogens with zero attached hydrogens (tertiary/aromatic N) is 3. The van der Waals surface area contributed by atoms with Crippen molar-refractivity contribution in [2.45, 2.75) is 63.1 Å². The molecule has 4 rings (SSSR count). The van der Waals surface area contributed by atoms with Gasteiger partial charge in [-0.25, -0.2) is 4.98 Å². The highest BCUT2D eigenvalue weighted by molar-refractivity contribution is 5.53. The molecule has 2 aliphatic heterocycles. The fraction of sp³-hybridized carbons (Fsp3) is 0.778. The second kappa shape index (κ2) is 6.48. The van der Waals surface area contributed by atoms with E-state index in [2.05, 4.69) is 14.9 Å². The molecule has 2 N–H and O–H groups in total. The molecule has 1 aromatic rings. The van der Waals surface area contributed by atoms with E-state index in [4.69, 9.17) is 15.2 Å². The fourth-order valence-corrected chi connectivity index (χ4v) is 4.65. The van der Waals surface area contributed by atoms with E-state index in [-0.39, 0.29) is 11.7 Å². The number of aromatic nitrogens is 2. The molecule has 3 aliphatic rings. The number of hydrogen-bond acceptors (Lipinski definition) is 6. The smallest absolute Gasteiger partial charge is 0.222 e. The van der Waals surface area contributed by atoms with Crippen molar-refractivity contribution in [3.8, 4) is 0 Å². The summed E-state index contributed by atoms with van der Waals surface area (Å²) in [5.41, 5.74) is 8.35. The number of anilines is 2. The number of nitrogen functional groups attached to an aromatic ring is 1. The van der Waals surface area contributed by atoms with Crippen LogP contribution in [-0.2, 0) is 22.3 Å². The minimum Gasteiger partial charge on any atom is -0.378 e. The molecule has 1 aromatic heterocycles. The number of rotatable bonds is 2. The highest BCUT2D eigenvalue weighted by Crippen LogP contribution is 2.39. The van der Waals surface area contributed by atoms with Crippen molar-refractivity contribution in [1.29, 1.82) is 0 Å². The average molecular weight is 332 g/mol. The Balaban J connectivity index is 1.55. The first-order valence-electron chi connectivity index (χ1n) is 9.29. The topological polar surface area (TPSA) is 73.5 Å². The van der Waals surface area contributed by atoms with Crippen molar-refractivity contribution in [3.05, 3.63) is 11.3 Å². The number of ether oxygens (including phenoxy) is 2. The molecule has 0 radical (unpaired) electrons. The van der Waals surface area contributed by atoms with Gasteiger partial charge in [0.2, 0.25) is 5.95 Å². The van der Waals surface area contributed by atoms with Crippen LogP contribution in [0.3, 0.4) is 0 Å². The molecule has 0 unspecified atom stereocenters. The van der Waals surface area contributed by atoms with E-state index < -0.39 is 0 Å². The maximum absolute atomic E-state index is 6.22. The largest absolute Gasteiger partial charge is 0.378 e. The van der Waals surface area contributed by atoms with Crippen LogP contribution >= 0.6 is 0 Å². The molecule has 1 spiro atoms. The normalized spacial score (nSPS) is 26.4. The predicted molar refractivity (Wildman–Crippen MR) is 93.2 cm³/mol. The summed E-state index contributed by atoms with van der Waals surface area (Å²) in [5.74, 6) is 1.48. The van der Waals surface area contributed by atoms with Gasteiger partial charge in [0.1, 0.15) is 5.82 Å². The molecule has 1 aliphatic carbocycles. The summed E-state index contributed by atoms with van der Waals surface area (Å²) in [4.78, 5) is 11.5. The minimum atomic E-state index is -0.109. The van der Waals surface area contributed by atoms with E-state index in [1.165, 1.54) is 18.4 Å². The van der Waals surface area contributed by atoms with Gasteiger partial charge in [-0.3, -0.25) is 0 Å². The predicted octanol–water partition coefficient (Wildman–Crippen LogP) is 2.10. The summed E-state index contributed by atoms with van der Waals surface area (Å²) in [6, 6.07) is 0. The lowest BCUT2D eigenvalue weighted by Crippen LogP contribution is -2.56. The zero-order valence-corrected chi connectivity index (χ0v) is 14.6. The summed E-state index contributed by atoms with van der Waals surface area (Å²) >= 11 is 0. The van der Waals surface area contributed by atoms with Crippen LogP contribution in [-0.4, -0.2) is 48.5 Å². The monoisotopic (exact) mass is 332 g/mol. The molecule has 24 heavy (non-hydrogen) atoms. The third-order valence-corrected chi connectivity index (χ3v) is 5.96. The van der Waals surface area contributed by atoms with Crippen LogP contribution in [0.4, 0.5) is 11.8 Å². The van der Waals surface area contributed by atoms with Gasteiger partial charge in [0.15, 0.2) is 0 Å². The molecular weight excluding hydrogens is 304 g/mol. The minimum absolute atomic E-state index is 0.109. The summed E-state index contributed by atoms with van der Waals surface area (Å²) in [6.45, 7) is 2.75. The quantitative estimate of drug-likeness (QED) is 0.894. The molecule has 6 nitrogen and oxygen atoms in total. The number of nitrogens with two attached hydrogens (primary N) is 1. The third kappa shape index (κ3) is 2.75. The molecule has 2 saturated heterocycles. The van der Waals surface area contributed by atoms with E-state index in [0.717, 1.165) is 69.7 Å². The van der Waals surface area contributed by atoms with Gasteiger partial charge in [0, 0.05) is 32.4 Å². The lowest BCUT2D eigenvalue weighted by atomic mass is 9.81. The summed E-state index contributed by atoms with van der Waals surface area (Å²) in [7, 11) is 1.81. The Labute approximate surface area is 143 Å². The number of fused-ring (bicyclic) bond motifs is 1. The van der Waals surface area contributed by atoms with Gasteiger partial charge < -0.3 is 20.1 Å². The first-order chi connectivity index (χ1) is 11.7. The molecular formula is C18H28N4O2.